The lowest BCUT2D eigenvalue weighted by Crippen LogP contribution is -2.18. The van der Waals surface area contributed by atoms with Crippen LogP contribution in [-0.4, -0.2) is 21.8 Å². The monoisotopic (exact) mass is 263 g/mol. The zero-order valence-electron chi connectivity index (χ0n) is 10.3. The summed E-state index contributed by atoms with van der Waals surface area (Å²) in [7, 11) is -0.785. The molecule has 1 aromatic carbocycles. The molecule has 1 fully saturated rings. The molecule has 0 radical (unpaired) electrons. The number of nitrogens with zero attached hydrogens (tertiary/aromatic N) is 1. The Morgan fingerprint density at radius 1 is 1.33 bits per heavy atom. The van der Waals surface area contributed by atoms with Crippen molar-refractivity contribution in [3.8, 4) is 11.8 Å². The summed E-state index contributed by atoms with van der Waals surface area (Å²) in [6.45, 7) is 0.418. The SMILES string of the molecule is N#Cc1ccccc1OCCS(=O)C1CCCC1. The van der Waals surface area contributed by atoms with Gasteiger partial charge in [-0.15, -0.1) is 0 Å². The third-order valence-corrected chi connectivity index (χ3v) is 5.01. The summed E-state index contributed by atoms with van der Waals surface area (Å²) in [4.78, 5) is 0. The Morgan fingerprint density at radius 3 is 2.78 bits per heavy atom. The fourth-order valence-electron chi connectivity index (χ4n) is 2.24. The average molecular weight is 263 g/mol. The largest absolute Gasteiger partial charge is 0.491 e. The minimum Gasteiger partial charge on any atom is -0.491 e. The highest BCUT2D eigenvalue weighted by molar-refractivity contribution is 7.85. The summed E-state index contributed by atoms with van der Waals surface area (Å²) < 4.78 is 17.5. The Kier molecular flexibility index (Phi) is 4.77. The second kappa shape index (κ2) is 6.55. The first kappa shape index (κ1) is 13.1. The third kappa shape index (κ3) is 3.33. The Balaban J connectivity index is 1.81. The van der Waals surface area contributed by atoms with E-state index in [1.807, 2.05) is 12.1 Å². The molecule has 2 rings (SSSR count). The van der Waals surface area contributed by atoms with Gasteiger partial charge in [-0.2, -0.15) is 5.26 Å². The predicted molar refractivity (Wildman–Crippen MR) is 71.9 cm³/mol. The molecular formula is C14H17NO2S. The standard InChI is InChI=1S/C14H17NO2S/c15-11-12-5-1-4-8-14(12)17-9-10-18(16)13-6-2-3-7-13/h1,4-5,8,13H,2-3,6-7,9-10H2. The number of hydrogen-bond donors (Lipinski definition) is 0. The molecule has 3 nitrogen and oxygen atoms in total. The summed E-state index contributed by atoms with van der Waals surface area (Å²) in [6.07, 6.45) is 4.58. The second-order valence-electron chi connectivity index (χ2n) is 4.45. The van der Waals surface area contributed by atoms with Crippen LogP contribution < -0.4 is 4.74 Å². The third-order valence-electron chi connectivity index (χ3n) is 3.22. The molecule has 0 saturated heterocycles. The Bertz CT molecular complexity index is 461. The van der Waals surface area contributed by atoms with Crippen LogP contribution in [0.4, 0.5) is 0 Å². The van der Waals surface area contributed by atoms with Crippen LogP contribution in [0, 0.1) is 11.3 Å². The van der Waals surface area contributed by atoms with Gasteiger partial charge in [-0.25, -0.2) is 0 Å². The predicted octanol–water partition coefficient (Wildman–Crippen LogP) is 2.63. The molecule has 1 aliphatic carbocycles. The minimum atomic E-state index is -0.785. The maximum absolute atomic E-state index is 12.0. The van der Waals surface area contributed by atoms with Crippen LogP contribution in [0.3, 0.4) is 0 Å². The van der Waals surface area contributed by atoms with Gasteiger partial charge in [0.15, 0.2) is 0 Å². The van der Waals surface area contributed by atoms with Gasteiger partial charge in [0.2, 0.25) is 0 Å². The highest BCUT2D eigenvalue weighted by atomic mass is 32.2. The van der Waals surface area contributed by atoms with Gasteiger partial charge in [-0.3, -0.25) is 4.21 Å². The van der Waals surface area contributed by atoms with Crippen molar-refractivity contribution >= 4 is 10.8 Å². The van der Waals surface area contributed by atoms with Gasteiger partial charge in [-0.05, 0) is 25.0 Å². The van der Waals surface area contributed by atoms with Crippen LogP contribution >= 0.6 is 0 Å². The lowest BCUT2D eigenvalue weighted by Gasteiger charge is -2.10. The summed E-state index contributed by atoms with van der Waals surface area (Å²) in [6, 6.07) is 9.23. The van der Waals surface area contributed by atoms with E-state index in [0.29, 0.717) is 28.9 Å². The molecule has 1 aliphatic rings. The van der Waals surface area contributed by atoms with Crippen LogP contribution in [0.1, 0.15) is 31.2 Å². The number of rotatable bonds is 5. The van der Waals surface area contributed by atoms with Crippen LogP contribution in [0.15, 0.2) is 24.3 Å². The van der Waals surface area contributed by atoms with Crippen LogP contribution in [0.2, 0.25) is 0 Å². The summed E-state index contributed by atoms with van der Waals surface area (Å²) in [5.41, 5.74) is 0.532. The van der Waals surface area contributed by atoms with E-state index >= 15 is 0 Å². The van der Waals surface area contributed by atoms with Gasteiger partial charge in [0, 0.05) is 16.0 Å². The molecule has 18 heavy (non-hydrogen) atoms. The molecule has 0 aromatic heterocycles. The number of nitriles is 1. The fraction of sp³-hybridized carbons (Fsp3) is 0.500. The van der Waals surface area contributed by atoms with Crippen molar-refractivity contribution < 1.29 is 8.95 Å². The second-order valence-corrected chi connectivity index (χ2v) is 6.28. The molecule has 1 aromatic rings. The molecule has 1 atom stereocenters. The maximum Gasteiger partial charge on any atom is 0.137 e. The first-order valence-corrected chi connectivity index (χ1v) is 7.68. The lowest BCUT2D eigenvalue weighted by atomic mass is 10.2. The highest BCUT2D eigenvalue weighted by Crippen LogP contribution is 2.23. The number of para-hydroxylation sites is 1. The van der Waals surface area contributed by atoms with E-state index in [2.05, 4.69) is 6.07 Å². The van der Waals surface area contributed by atoms with E-state index < -0.39 is 10.8 Å². The van der Waals surface area contributed by atoms with Crippen molar-refractivity contribution in [2.45, 2.75) is 30.9 Å². The number of hydrogen-bond acceptors (Lipinski definition) is 3. The summed E-state index contributed by atoms with van der Waals surface area (Å²) in [5.74, 6) is 1.15. The van der Waals surface area contributed by atoms with Crippen molar-refractivity contribution in [3.05, 3.63) is 29.8 Å². The summed E-state index contributed by atoms with van der Waals surface area (Å²) in [5, 5.41) is 9.27. The van der Waals surface area contributed by atoms with E-state index in [1.54, 1.807) is 12.1 Å². The van der Waals surface area contributed by atoms with E-state index in [1.165, 1.54) is 12.8 Å². The van der Waals surface area contributed by atoms with Crippen molar-refractivity contribution in [2.24, 2.45) is 0 Å². The van der Waals surface area contributed by atoms with Gasteiger partial charge in [-0.1, -0.05) is 25.0 Å². The van der Waals surface area contributed by atoms with E-state index in [0.717, 1.165) is 12.8 Å². The average Bonchev–Trinajstić information content (AvgIpc) is 2.93. The Labute approximate surface area is 110 Å². The quantitative estimate of drug-likeness (QED) is 0.820. The van der Waals surface area contributed by atoms with E-state index in [-0.39, 0.29) is 0 Å². The maximum atomic E-state index is 12.0. The van der Waals surface area contributed by atoms with Gasteiger partial charge < -0.3 is 4.74 Å². The molecule has 0 aliphatic heterocycles. The normalized spacial score (nSPS) is 17.3. The molecule has 0 amide bonds. The number of benzene rings is 1. The molecule has 1 unspecified atom stereocenters. The van der Waals surface area contributed by atoms with E-state index in [4.69, 9.17) is 10.00 Å². The molecular weight excluding hydrogens is 246 g/mol. The van der Waals surface area contributed by atoms with Crippen molar-refractivity contribution in [2.75, 3.05) is 12.4 Å². The molecule has 96 valence electrons. The topological polar surface area (TPSA) is 50.1 Å². The van der Waals surface area contributed by atoms with Gasteiger partial charge >= 0.3 is 0 Å². The Morgan fingerprint density at radius 2 is 2.06 bits per heavy atom. The molecule has 0 heterocycles. The molecule has 0 N–H and O–H groups in total. The van der Waals surface area contributed by atoms with Crippen LogP contribution in [0.5, 0.6) is 5.75 Å². The van der Waals surface area contributed by atoms with E-state index in [9.17, 15) is 4.21 Å². The smallest absolute Gasteiger partial charge is 0.137 e. The first-order valence-electron chi connectivity index (χ1n) is 6.30. The molecule has 0 bridgehead atoms. The lowest BCUT2D eigenvalue weighted by molar-refractivity contribution is 0.341. The van der Waals surface area contributed by atoms with Crippen molar-refractivity contribution in [1.82, 2.24) is 0 Å². The molecule has 4 heteroatoms. The molecule has 0 spiro atoms. The minimum absolute atomic E-state index is 0.361. The van der Waals surface area contributed by atoms with Crippen molar-refractivity contribution in [3.63, 3.8) is 0 Å². The van der Waals surface area contributed by atoms with Gasteiger partial charge in [0.25, 0.3) is 0 Å². The first-order chi connectivity index (χ1) is 8.81. The van der Waals surface area contributed by atoms with Gasteiger partial charge in [0.1, 0.15) is 11.8 Å². The van der Waals surface area contributed by atoms with Crippen LogP contribution in [0.25, 0.3) is 0 Å². The zero-order chi connectivity index (χ0) is 12.8. The van der Waals surface area contributed by atoms with Gasteiger partial charge in [0.05, 0.1) is 17.9 Å². The molecule has 1 saturated carbocycles. The van der Waals surface area contributed by atoms with Crippen LogP contribution in [-0.2, 0) is 10.8 Å². The summed E-state index contributed by atoms with van der Waals surface area (Å²) >= 11 is 0. The van der Waals surface area contributed by atoms with Crippen molar-refractivity contribution in [1.29, 1.82) is 5.26 Å². The number of ether oxygens (including phenoxy) is 1. The highest BCUT2D eigenvalue weighted by Gasteiger charge is 2.20. The fourth-order valence-corrected chi connectivity index (χ4v) is 3.68. The zero-order valence-corrected chi connectivity index (χ0v) is 11.1. The Hall–Kier alpha value is -1.34.